The van der Waals surface area contributed by atoms with Crippen LogP contribution in [0.5, 0.6) is 0 Å². The van der Waals surface area contributed by atoms with Crippen molar-refractivity contribution < 1.29 is 14.3 Å². The minimum atomic E-state index is -0.218. The van der Waals surface area contributed by atoms with Crippen molar-refractivity contribution in [3.8, 4) is 0 Å². The maximum atomic E-state index is 12.0. The van der Waals surface area contributed by atoms with Gasteiger partial charge in [0.05, 0.1) is 29.3 Å². The summed E-state index contributed by atoms with van der Waals surface area (Å²) < 4.78 is 4.87. The SMILES string of the molecule is COC(=O)CCS[C@H](SCCC(=O)N(C)C)c1cccc(/C=C/c2ccc3ccc(Cl)cc3n2)c1. The van der Waals surface area contributed by atoms with Gasteiger partial charge in [0.15, 0.2) is 0 Å². The van der Waals surface area contributed by atoms with Gasteiger partial charge in [0, 0.05) is 42.4 Å². The summed E-state index contributed by atoms with van der Waals surface area (Å²) in [6.45, 7) is 0. The molecule has 0 bridgehead atoms. The van der Waals surface area contributed by atoms with Gasteiger partial charge in [-0.2, -0.15) is 0 Å². The lowest BCUT2D eigenvalue weighted by Crippen LogP contribution is -2.21. The van der Waals surface area contributed by atoms with Gasteiger partial charge < -0.3 is 9.64 Å². The van der Waals surface area contributed by atoms with Crippen molar-refractivity contribution >= 4 is 70.1 Å². The zero-order valence-corrected chi connectivity index (χ0v) is 22.5. The minimum Gasteiger partial charge on any atom is -0.469 e. The van der Waals surface area contributed by atoms with E-state index in [0.29, 0.717) is 29.4 Å². The Morgan fingerprint density at radius 2 is 1.77 bits per heavy atom. The van der Waals surface area contributed by atoms with E-state index in [1.807, 2.05) is 54.6 Å². The first-order valence-corrected chi connectivity index (χ1v) is 13.7. The summed E-state index contributed by atoms with van der Waals surface area (Å²) in [4.78, 5) is 29.9. The lowest BCUT2D eigenvalue weighted by Gasteiger charge is -2.18. The van der Waals surface area contributed by atoms with Crippen LogP contribution in [0.3, 0.4) is 0 Å². The first-order valence-electron chi connectivity index (χ1n) is 11.2. The summed E-state index contributed by atoms with van der Waals surface area (Å²) in [7, 11) is 4.94. The number of thioether (sulfide) groups is 2. The number of methoxy groups -OCH3 is 1. The molecule has 2 aromatic carbocycles. The predicted molar refractivity (Wildman–Crippen MR) is 150 cm³/mol. The van der Waals surface area contributed by atoms with Crippen molar-refractivity contribution in [3.63, 3.8) is 0 Å². The molecular formula is C27H29ClN2O3S2. The highest BCUT2D eigenvalue weighted by Gasteiger charge is 2.15. The van der Waals surface area contributed by atoms with Gasteiger partial charge in [-0.15, -0.1) is 23.5 Å². The maximum absolute atomic E-state index is 12.0. The number of esters is 1. The van der Waals surface area contributed by atoms with Crippen molar-refractivity contribution in [2.75, 3.05) is 32.7 Å². The summed E-state index contributed by atoms with van der Waals surface area (Å²) in [5, 5.41) is 1.71. The average Bonchev–Trinajstić information content (AvgIpc) is 2.86. The molecule has 3 rings (SSSR count). The van der Waals surface area contributed by atoms with Crippen molar-refractivity contribution in [3.05, 3.63) is 76.4 Å². The number of rotatable bonds is 11. The Bertz CT molecular complexity index is 1200. The second-order valence-corrected chi connectivity index (χ2v) is 11.2. The van der Waals surface area contributed by atoms with E-state index in [2.05, 4.69) is 17.1 Å². The third kappa shape index (κ3) is 8.60. The Balaban J connectivity index is 1.73. The zero-order valence-electron chi connectivity index (χ0n) is 20.1. The average molecular weight is 529 g/mol. The van der Waals surface area contributed by atoms with Crippen LogP contribution in [0.1, 0.15) is 34.2 Å². The smallest absolute Gasteiger partial charge is 0.306 e. The Labute approximate surface area is 220 Å². The Kier molecular flexibility index (Phi) is 10.5. The first-order chi connectivity index (χ1) is 16.9. The van der Waals surface area contributed by atoms with Crippen LogP contribution in [0.25, 0.3) is 23.1 Å². The number of amides is 1. The van der Waals surface area contributed by atoms with Crippen LogP contribution in [0.4, 0.5) is 0 Å². The Hall–Kier alpha value is -2.48. The summed E-state index contributed by atoms with van der Waals surface area (Å²) in [6.07, 6.45) is 4.86. The number of aromatic nitrogens is 1. The third-order valence-corrected chi connectivity index (χ3v) is 8.27. The molecule has 5 nitrogen and oxygen atoms in total. The summed E-state index contributed by atoms with van der Waals surface area (Å²) >= 11 is 9.53. The number of hydrogen-bond acceptors (Lipinski definition) is 6. The van der Waals surface area contributed by atoms with Gasteiger partial charge in [-0.1, -0.05) is 48.0 Å². The molecule has 35 heavy (non-hydrogen) atoms. The molecule has 0 unspecified atom stereocenters. The molecule has 1 heterocycles. The van der Waals surface area contributed by atoms with Gasteiger partial charge in [0.1, 0.15) is 0 Å². The van der Waals surface area contributed by atoms with E-state index in [4.69, 9.17) is 16.3 Å². The minimum absolute atomic E-state index is 0.101. The second-order valence-electron chi connectivity index (χ2n) is 8.01. The fourth-order valence-corrected chi connectivity index (χ4v) is 6.07. The monoisotopic (exact) mass is 528 g/mol. The summed E-state index contributed by atoms with van der Waals surface area (Å²) in [6, 6.07) is 18.0. The molecule has 0 N–H and O–H groups in total. The highest BCUT2D eigenvalue weighted by atomic mass is 35.5. The maximum Gasteiger partial charge on any atom is 0.306 e. The van der Waals surface area contributed by atoms with E-state index >= 15 is 0 Å². The molecule has 1 amide bonds. The largest absolute Gasteiger partial charge is 0.469 e. The number of ether oxygens (including phenoxy) is 1. The van der Waals surface area contributed by atoms with Crippen LogP contribution in [0.15, 0.2) is 54.6 Å². The molecule has 1 atom stereocenters. The van der Waals surface area contributed by atoms with E-state index < -0.39 is 0 Å². The molecule has 0 aliphatic carbocycles. The van der Waals surface area contributed by atoms with Crippen LogP contribution in [-0.2, 0) is 14.3 Å². The van der Waals surface area contributed by atoms with Crippen LogP contribution in [0, 0.1) is 0 Å². The molecule has 0 spiro atoms. The number of carbonyl (C=O) groups excluding carboxylic acids is 2. The molecular weight excluding hydrogens is 500 g/mol. The molecule has 184 valence electrons. The van der Waals surface area contributed by atoms with Crippen LogP contribution < -0.4 is 0 Å². The molecule has 0 radical (unpaired) electrons. The number of fused-ring (bicyclic) bond motifs is 1. The van der Waals surface area contributed by atoms with E-state index in [1.165, 1.54) is 7.11 Å². The molecule has 0 saturated heterocycles. The number of carbonyl (C=O) groups is 2. The van der Waals surface area contributed by atoms with E-state index in [9.17, 15) is 9.59 Å². The first kappa shape index (κ1) is 27.1. The standard InChI is InChI=1S/C27H29ClN2O3S2/c1-30(2)25(31)13-15-34-27(35-16-14-26(32)33-3)21-6-4-5-19(17-21)7-11-23-12-9-20-8-10-22(28)18-24(20)29-23/h4-12,17-18,27H,13-16H2,1-3H3/b11-7+/t27-/m0/s1. The zero-order chi connectivity index (χ0) is 25.2. The van der Waals surface area contributed by atoms with Gasteiger partial charge in [-0.25, -0.2) is 4.98 Å². The number of hydrogen-bond donors (Lipinski definition) is 0. The van der Waals surface area contributed by atoms with Gasteiger partial charge >= 0.3 is 5.97 Å². The van der Waals surface area contributed by atoms with E-state index in [1.54, 1.807) is 42.5 Å². The number of pyridine rings is 1. The third-order valence-electron chi connectivity index (χ3n) is 5.19. The fourth-order valence-electron chi connectivity index (χ4n) is 3.26. The van der Waals surface area contributed by atoms with Crippen molar-refractivity contribution in [2.24, 2.45) is 0 Å². The molecule has 1 aromatic heterocycles. The van der Waals surface area contributed by atoms with Crippen molar-refractivity contribution in [1.29, 1.82) is 0 Å². The highest BCUT2D eigenvalue weighted by Crippen LogP contribution is 2.40. The Morgan fingerprint density at radius 3 is 2.51 bits per heavy atom. The molecule has 0 aliphatic heterocycles. The lowest BCUT2D eigenvalue weighted by atomic mass is 10.1. The number of nitrogens with zero attached hydrogens (tertiary/aromatic N) is 2. The molecule has 0 fully saturated rings. The summed E-state index contributed by atoms with van der Waals surface area (Å²) in [5.41, 5.74) is 3.91. The molecule has 3 aromatic rings. The van der Waals surface area contributed by atoms with E-state index in [-0.39, 0.29) is 16.5 Å². The van der Waals surface area contributed by atoms with Gasteiger partial charge in [0.2, 0.25) is 5.91 Å². The van der Waals surface area contributed by atoms with Crippen molar-refractivity contribution in [2.45, 2.75) is 17.4 Å². The number of halogens is 1. The fraction of sp³-hybridized carbons (Fsp3) is 0.296. The van der Waals surface area contributed by atoms with Gasteiger partial charge in [-0.05, 0) is 41.5 Å². The predicted octanol–water partition coefficient (Wildman–Crippen LogP) is 6.57. The van der Waals surface area contributed by atoms with Crippen LogP contribution in [-0.4, -0.2) is 54.5 Å². The molecule has 0 aliphatic rings. The number of benzene rings is 2. The highest BCUT2D eigenvalue weighted by molar-refractivity contribution is 8.16. The lowest BCUT2D eigenvalue weighted by molar-refractivity contribution is -0.140. The van der Waals surface area contributed by atoms with Gasteiger partial charge in [0.25, 0.3) is 0 Å². The molecule has 8 heteroatoms. The quantitative estimate of drug-likeness (QED) is 0.207. The Morgan fingerprint density at radius 1 is 1.03 bits per heavy atom. The van der Waals surface area contributed by atoms with Gasteiger partial charge in [-0.3, -0.25) is 9.59 Å². The van der Waals surface area contributed by atoms with Crippen molar-refractivity contribution in [1.82, 2.24) is 9.88 Å². The normalized spacial score (nSPS) is 12.1. The van der Waals surface area contributed by atoms with Crippen LogP contribution in [0.2, 0.25) is 5.02 Å². The van der Waals surface area contributed by atoms with E-state index in [0.717, 1.165) is 27.7 Å². The van der Waals surface area contributed by atoms with Crippen LogP contribution >= 0.6 is 35.1 Å². The second kappa shape index (κ2) is 13.6. The molecule has 0 saturated carbocycles. The summed E-state index contributed by atoms with van der Waals surface area (Å²) in [5.74, 6) is 1.24. The topological polar surface area (TPSA) is 59.5 Å².